The van der Waals surface area contributed by atoms with Crippen LogP contribution in [0.4, 0.5) is 4.79 Å². The molecule has 0 radical (unpaired) electrons. The molecule has 0 aliphatic carbocycles. The monoisotopic (exact) mass is 372 g/mol. The molecule has 0 fully saturated rings. The minimum Gasteiger partial charge on any atom is -0.464 e. The molecule has 1 aromatic carbocycles. The molecule has 2 aromatic rings. The highest BCUT2D eigenvalue weighted by Gasteiger charge is 2.16. The van der Waals surface area contributed by atoms with Crippen LogP contribution in [0, 0.1) is 0 Å². The third kappa shape index (κ3) is 4.60. The Balaban J connectivity index is 1.43. The minimum absolute atomic E-state index is 0.0818. The predicted molar refractivity (Wildman–Crippen MR) is 94.1 cm³/mol. The zero-order valence-electron chi connectivity index (χ0n) is 14.8. The lowest BCUT2D eigenvalue weighted by Gasteiger charge is -2.17. The van der Waals surface area contributed by atoms with Gasteiger partial charge in [0.25, 0.3) is 5.91 Å². The highest BCUT2D eigenvalue weighted by molar-refractivity contribution is 5.96. The minimum atomic E-state index is -0.564. The first-order chi connectivity index (χ1) is 13.1. The molecule has 3 N–H and O–H groups in total. The second-order valence-corrected chi connectivity index (χ2v) is 5.97. The molecule has 1 aliphatic rings. The molecule has 3 rings (SSSR count). The summed E-state index contributed by atoms with van der Waals surface area (Å²) in [6.45, 7) is 1.62. The maximum absolute atomic E-state index is 11.9. The number of aromatic nitrogens is 3. The number of hydrogen-bond donors (Lipinski definition) is 3. The van der Waals surface area contributed by atoms with E-state index in [0.717, 1.165) is 17.5 Å². The van der Waals surface area contributed by atoms with E-state index in [9.17, 15) is 14.4 Å². The second kappa shape index (κ2) is 8.30. The van der Waals surface area contributed by atoms with Crippen LogP contribution in [0.3, 0.4) is 0 Å². The van der Waals surface area contributed by atoms with Crippen molar-refractivity contribution in [1.29, 1.82) is 0 Å². The maximum atomic E-state index is 11.9. The first-order valence-electron chi connectivity index (χ1n) is 8.47. The highest BCUT2D eigenvalue weighted by atomic mass is 16.5. The van der Waals surface area contributed by atoms with Crippen molar-refractivity contribution < 1.29 is 19.1 Å². The molecule has 1 aromatic heterocycles. The number of fused-ring (bicyclic) bond motifs is 1. The van der Waals surface area contributed by atoms with Gasteiger partial charge in [-0.2, -0.15) is 0 Å². The van der Waals surface area contributed by atoms with Gasteiger partial charge in [0.05, 0.1) is 19.9 Å². The summed E-state index contributed by atoms with van der Waals surface area (Å²) in [5.74, 6) is -0.646. The van der Waals surface area contributed by atoms with Crippen molar-refractivity contribution in [2.24, 2.45) is 0 Å². The zero-order chi connectivity index (χ0) is 19.2. The molecule has 142 valence electrons. The van der Waals surface area contributed by atoms with Crippen LogP contribution in [0.2, 0.25) is 0 Å². The van der Waals surface area contributed by atoms with Crippen LogP contribution in [0.25, 0.3) is 0 Å². The lowest BCUT2D eigenvalue weighted by atomic mass is 9.98. The topological polar surface area (TPSA) is 127 Å². The molecular weight excluding hydrogens is 352 g/mol. The Morgan fingerprint density at radius 3 is 3.00 bits per heavy atom. The number of methoxy groups -OCH3 is 1. The van der Waals surface area contributed by atoms with Crippen LogP contribution in [0.5, 0.6) is 0 Å². The van der Waals surface area contributed by atoms with E-state index in [4.69, 9.17) is 0 Å². The summed E-state index contributed by atoms with van der Waals surface area (Å²) in [5, 5.41) is 15.7. The fourth-order valence-corrected chi connectivity index (χ4v) is 2.70. The molecule has 3 amide bonds. The molecule has 2 heterocycles. The summed E-state index contributed by atoms with van der Waals surface area (Å²) in [4.78, 5) is 35.1. The number of benzene rings is 1. The van der Waals surface area contributed by atoms with Crippen molar-refractivity contribution in [2.45, 2.75) is 19.5 Å². The van der Waals surface area contributed by atoms with Crippen LogP contribution >= 0.6 is 0 Å². The molecule has 0 saturated carbocycles. The van der Waals surface area contributed by atoms with Crippen LogP contribution < -0.4 is 16.0 Å². The van der Waals surface area contributed by atoms with E-state index in [1.54, 1.807) is 6.07 Å². The van der Waals surface area contributed by atoms with Crippen LogP contribution in [-0.4, -0.2) is 53.1 Å². The van der Waals surface area contributed by atoms with E-state index >= 15 is 0 Å². The van der Waals surface area contributed by atoms with Gasteiger partial charge in [0.15, 0.2) is 5.69 Å². The number of carbonyl (C=O) groups is 3. The van der Waals surface area contributed by atoms with Crippen LogP contribution in [-0.2, 0) is 24.2 Å². The number of nitrogens with zero attached hydrogens (tertiary/aromatic N) is 3. The van der Waals surface area contributed by atoms with E-state index in [-0.39, 0.29) is 17.6 Å². The first-order valence-corrected chi connectivity index (χ1v) is 8.47. The number of amides is 3. The molecule has 0 saturated heterocycles. The first kappa shape index (κ1) is 18.4. The smallest absolute Gasteiger partial charge is 0.360 e. The quantitative estimate of drug-likeness (QED) is 0.605. The van der Waals surface area contributed by atoms with Gasteiger partial charge in [-0.1, -0.05) is 17.3 Å². The standard InChI is InChI=1S/C17H20N6O4/c1-27-16(25)14-10-23(22-21-14)7-6-19-17(26)20-9-11-2-3-12-4-5-18-15(24)13(12)8-11/h2-3,8,10H,4-7,9H2,1H3,(H,18,24)(H2,19,20,26). The average molecular weight is 372 g/mol. The Morgan fingerprint density at radius 2 is 2.19 bits per heavy atom. The van der Waals surface area contributed by atoms with E-state index in [0.29, 0.717) is 31.7 Å². The van der Waals surface area contributed by atoms with Gasteiger partial charge in [-0.3, -0.25) is 4.79 Å². The Bertz CT molecular complexity index is 863. The molecule has 0 spiro atoms. The fraction of sp³-hybridized carbons (Fsp3) is 0.353. The van der Waals surface area contributed by atoms with Crippen molar-refractivity contribution in [1.82, 2.24) is 30.9 Å². The Kier molecular flexibility index (Phi) is 5.64. The van der Waals surface area contributed by atoms with Gasteiger partial charge in [-0.25, -0.2) is 14.3 Å². The van der Waals surface area contributed by atoms with Crippen molar-refractivity contribution in [3.63, 3.8) is 0 Å². The van der Waals surface area contributed by atoms with Gasteiger partial charge in [0, 0.05) is 25.2 Å². The van der Waals surface area contributed by atoms with Crippen molar-refractivity contribution in [2.75, 3.05) is 20.2 Å². The molecule has 10 nitrogen and oxygen atoms in total. The highest BCUT2D eigenvalue weighted by Crippen LogP contribution is 2.15. The SMILES string of the molecule is COC(=O)c1cn(CCNC(=O)NCc2ccc3c(c2)C(=O)NCC3)nn1. The van der Waals surface area contributed by atoms with E-state index in [2.05, 4.69) is 31.0 Å². The second-order valence-electron chi connectivity index (χ2n) is 5.97. The van der Waals surface area contributed by atoms with Gasteiger partial charge in [-0.15, -0.1) is 5.10 Å². The van der Waals surface area contributed by atoms with Crippen molar-refractivity contribution in [3.05, 3.63) is 46.8 Å². The maximum Gasteiger partial charge on any atom is 0.360 e. The summed E-state index contributed by atoms with van der Waals surface area (Å²) in [6.07, 6.45) is 2.26. The number of hydrogen-bond acceptors (Lipinski definition) is 6. The number of esters is 1. The number of carbonyl (C=O) groups excluding carboxylic acids is 3. The van der Waals surface area contributed by atoms with Gasteiger partial charge >= 0.3 is 12.0 Å². The fourth-order valence-electron chi connectivity index (χ4n) is 2.70. The lowest BCUT2D eigenvalue weighted by Crippen LogP contribution is -2.37. The zero-order valence-corrected chi connectivity index (χ0v) is 14.8. The molecule has 0 unspecified atom stereocenters. The summed E-state index contributed by atoms with van der Waals surface area (Å²) in [7, 11) is 1.27. The Morgan fingerprint density at radius 1 is 1.33 bits per heavy atom. The van der Waals surface area contributed by atoms with Gasteiger partial charge in [-0.05, 0) is 23.6 Å². The number of ether oxygens (including phenoxy) is 1. The third-order valence-corrected chi connectivity index (χ3v) is 4.11. The molecule has 0 bridgehead atoms. The lowest BCUT2D eigenvalue weighted by molar-refractivity contribution is 0.0593. The van der Waals surface area contributed by atoms with Crippen molar-refractivity contribution >= 4 is 17.9 Å². The van der Waals surface area contributed by atoms with Gasteiger partial charge < -0.3 is 20.7 Å². The summed E-state index contributed by atoms with van der Waals surface area (Å²) in [6, 6.07) is 5.28. The molecular formula is C17H20N6O4. The van der Waals surface area contributed by atoms with E-state index in [1.807, 2.05) is 12.1 Å². The van der Waals surface area contributed by atoms with Crippen LogP contribution in [0.1, 0.15) is 32.0 Å². The average Bonchev–Trinajstić information content (AvgIpc) is 3.15. The molecule has 1 aliphatic heterocycles. The summed E-state index contributed by atoms with van der Waals surface area (Å²) < 4.78 is 5.99. The van der Waals surface area contributed by atoms with Crippen LogP contribution in [0.15, 0.2) is 24.4 Å². The summed E-state index contributed by atoms with van der Waals surface area (Å²) >= 11 is 0. The Hall–Kier alpha value is -3.43. The number of rotatable bonds is 6. The molecule has 0 atom stereocenters. The third-order valence-electron chi connectivity index (χ3n) is 4.11. The van der Waals surface area contributed by atoms with Gasteiger partial charge in [0.2, 0.25) is 0 Å². The molecule has 27 heavy (non-hydrogen) atoms. The Labute approximate surface area is 155 Å². The van der Waals surface area contributed by atoms with E-state index < -0.39 is 5.97 Å². The summed E-state index contributed by atoms with van der Waals surface area (Å²) in [5.41, 5.74) is 2.64. The largest absolute Gasteiger partial charge is 0.464 e. The number of urea groups is 1. The van der Waals surface area contributed by atoms with E-state index in [1.165, 1.54) is 18.0 Å². The molecule has 10 heteroatoms. The van der Waals surface area contributed by atoms with Crippen molar-refractivity contribution in [3.8, 4) is 0 Å². The normalized spacial score (nSPS) is 12.7. The predicted octanol–water partition coefficient (Wildman–Crippen LogP) is -0.150. The number of nitrogens with one attached hydrogen (secondary N) is 3. The van der Waals surface area contributed by atoms with Gasteiger partial charge in [0.1, 0.15) is 0 Å².